The molecule has 1 aliphatic rings. The quantitative estimate of drug-likeness (QED) is 0.527. The number of nitrogens with one attached hydrogen (secondary N) is 3. The van der Waals surface area contributed by atoms with Gasteiger partial charge in [0, 0.05) is 12.6 Å². The van der Waals surface area contributed by atoms with E-state index in [0.717, 1.165) is 19.0 Å². The summed E-state index contributed by atoms with van der Waals surface area (Å²) < 4.78 is 0. The number of rotatable bonds is 6. The molecule has 1 heterocycles. The molecule has 0 unspecified atom stereocenters. The van der Waals surface area contributed by atoms with Gasteiger partial charge < -0.3 is 10.6 Å². The molecule has 7 nitrogen and oxygen atoms in total. The van der Waals surface area contributed by atoms with Gasteiger partial charge in [-0.05, 0) is 31.0 Å². The van der Waals surface area contributed by atoms with Crippen molar-refractivity contribution in [2.75, 3.05) is 13.1 Å². The first kappa shape index (κ1) is 10.0. The van der Waals surface area contributed by atoms with E-state index < -0.39 is 0 Å². The maximum atomic E-state index is 11.3. The second kappa shape index (κ2) is 4.83. The minimum atomic E-state index is -0.282. The number of carbonyl (C=O) groups excluding carboxylic acids is 1. The van der Waals surface area contributed by atoms with Gasteiger partial charge in [-0.2, -0.15) is 5.21 Å². The molecule has 82 valence electrons. The number of carbonyl (C=O) groups is 1. The van der Waals surface area contributed by atoms with Crippen LogP contribution in [0.1, 0.15) is 29.9 Å². The minimum Gasteiger partial charge on any atom is -0.349 e. The Bertz CT molecular complexity index is 307. The van der Waals surface area contributed by atoms with Crippen molar-refractivity contribution in [2.45, 2.75) is 25.3 Å². The number of nitrogens with zero attached hydrogens (tertiary/aromatic N) is 3. The number of hydrogen-bond acceptors (Lipinski definition) is 5. The molecule has 0 spiro atoms. The van der Waals surface area contributed by atoms with Crippen LogP contribution in [0.25, 0.3) is 0 Å². The van der Waals surface area contributed by atoms with Crippen molar-refractivity contribution < 1.29 is 4.79 Å². The molecule has 1 amide bonds. The number of aromatic amines is 1. The molecule has 0 radical (unpaired) electrons. The molecule has 1 saturated carbocycles. The van der Waals surface area contributed by atoms with Crippen LogP contribution in [0.2, 0.25) is 0 Å². The predicted molar refractivity (Wildman–Crippen MR) is 52.2 cm³/mol. The van der Waals surface area contributed by atoms with Gasteiger partial charge in [-0.25, -0.2) is 0 Å². The Morgan fingerprint density at radius 2 is 2.33 bits per heavy atom. The second-order valence-corrected chi connectivity index (χ2v) is 3.57. The summed E-state index contributed by atoms with van der Waals surface area (Å²) >= 11 is 0. The highest BCUT2D eigenvalue weighted by Gasteiger charge is 2.19. The Morgan fingerprint density at radius 1 is 1.47 bits per heavy atom. The Hall–Kier alpha value is -1.50. The first-order valence-electron chi connectivity index (χ1n) is 5.11. The molecule has 2 rings (SSSR count). The number of H-pyrrole nitrogens is 1. The van der Waals surface area contributed by atoms with Crippen molar-refractivity contribution in [3.8, 4) is 0 Å². The topological polar surface area (TPSA) is 95.6 Å². The van der Waals surface area contributed by atoms with Crippen molar-refractivity contribution in [2.24, 2.45) is 0 Å². The molecule has 1 aliphatic carbocycles. The van der Waals surface area contributed by atoms with Gasteiger partial charge in [-0.3, -0.25) is 4.79 Å². The number of amides is 1. The average Bonchev–Trinajstić information content (AvgIpc) is 2.90. The summed E-state index contributed by atoms with van der Waals surface area (Å²) in [5.74, 6) is -0.194. The summed E-state index contributed by atoms with van der Waals surface area (Å²) in [6.07, 6.45) is 3.49. The first-order valence-corrected chi connectivity index (χ1v) is 5.11. The van der Waals surface area contributed by atoms with Crippen molar-refractivity contribution in [3.05, 3.63) is 5.82 Å². The van der Waals surface area contributed by atoms with Crippen LogP contribution in [-0.4, -0.2) is 45.7 Å². The molecule has 15 heavy (non-hydrogen) atoms. The SMILES string of the molecule is O=C(NCCCNC1CC1)c1nn[nH]n1. The zero-order valence-electron chi connectivity index (χ0n) is 8.36. The Labute approximate surface area is 87.0 Å². The molecular weight excluding hydrogens is 196 g/mol. The zero-order valence-corrected chi connectivity index (χ0v) is 8.36. The maximum absolute atomic E-state index is 11.3. The molecule has 3 N–H and O–H groups in total. The van der Waals surface area contributed by atoms with Gasteiger partial charge in [0.05, 0.1) is 0 Å². The third-order valence-corrected chi connectivity index (χ3v) is 2.20. The average molecular weight is 210 g/mol. The van der Waals surface area contributed by atoms with Crippen molar-refractivity contribution in [1.82, 2.24) is 31.3 Å². The van der Waals surface area contributed by atoms with Crippen LogP contribution in [0, 0.1) is 0 Å². The molecule has 0 saturated heterocycles. The van der Waals surface area contributed by atoms with E-state index in [2.05, 4.69) is 31.3 Å². The summed E-state index contributed by atoms with van der Waals surface area (Å²) in [5, 5.41) is 18.8. The summed E-state index contributed by atoms with van der Waals surface area (Å²) in [4.78, 5) is 11.3. The van der Waals surface area contributed by atoms with Crippen LogP contribution in [0.15, 0.2) is 0 Å². The van der Waals surface area contributed by atoms with Crippen molar-refractivity contribution >= 4 is 5.91 Å². The van der Waals surface area contributed by atoms with E-state index in [1.807, 2.05) is 0 Å². The Morgan fingerprint density at radius 3 is 3.00 bits per heavy atom. The van der Waals surface area contributed by atoms with E-state index in [4.69, 9.17) is 0 Å². The molecule has 0 aromatic carbocycles. The van der Waals surface area contributed by atoms with E-state index in [0.29, 0.717) is 6.54 Å². The molecule has 1 aromatic rings. The highest BCUT2D eigenvalue weighted by molar-refractivity contribution is 5.89. The predicted octanol–water partition coefficient (Wildman–Crippen LogP) is -0.928. The lowest BCUT2D eigenvalue weighted by Gasteiger charge is -2.03. The van der Waals surface area contributed by atoms with Crippen LogP contribution in [-0.2, 0) is 0 Å². The summed E-state index contributed by atoms with van der Waals surface area (Å²) in [5.41, 5.74) is 0. The summed E-state index contributed by atoms with van der Waals surface area (Å²) in [7, 11) is 0. The van der Waals surface area contributed by atoms with Gasteiger partial charge in [0.2, 0.25) is 0 Å². The van der Waals surface area contributed by atoms with Crippen LogP contribution >= 0.6 is 0 Å². The molecule has 0 bridgehead atoms. The fourth-order valence-electron chi connectivity index (χ4n) is 1.22. The van der Waals surface area contributed by atoms with Crippen LogP contribution < -0.4 is 10.6 Å². The van der Waals surface area contributed by atoms with Crippen molar-refractivity contribution in [3.63, 3.8) is 0 Å². The normalized spacial score (nSPS) is 15.2. The maximum Gasteiger partial charge on any atom is 0.292 e. The molecule has 0 atom stereocenters. The lowest BCUT2D eigenvalue weighted by Crippen LogP contribution is -2.28. The highest BCUT2D eigenvalue weighted by Crippen LogP contribution is 2.18. The van der Waals surface area contributed by atoms with Gasteiger partial charge >= 0.3 is 0 Å². The third kappa shape index (κ3) is 3.28. The van der Waals surface area contributed by atoms with E-state index in [1.54, 1.807) is 0 Å². The molecular formula is C8H14N6O. The lowest BCUT2D eigenvalue weighted by atomic mass is 10.4. The largest absolute Gasteiger partial charge is 0.349 e. The smallest absolute Gasteiger partial charge is 0.292 e. The summed E-state index contributed by atoms with van der Waals surface area (Å²) in [6, 6.07) is 0.720. The number of tetrazole rings is 1. The summed E-state index contributed by atoms with van der Waals surface area (Å²) in [6.45, 7) is 1.57. The zero-order chi connectivity index (χ0) is 10.5. The molecule has 1 fully saturated rings. The molecule has 7 heteroatoms. The van der Waals surface area contributed by atoms with Gasteiger partial charge in [0.1, 0.15) is 0 Å². The third-order valence-electron chi connectivity index (χ3n) is 2.20. The van der Waals surface area contributed by atoms with Gasteiger partial charge in [0.25, 0.3) is 11.7 Å². The van der Waals surface area contributed by atoms with Crippen LogP contribution in [0.3, 0.4) is 0 Å². The van der Waals surface area contributed by atoms with Gasteiger partial charge in [-0.15, -0.1) is 10.2 Å². The highest BCUT2D eigenvalue weighted by atomic mass is 16.2. The van der Waals surface area contributed by atoms with Crippen molar-refractivity contribution in [1.29, 1.82) is 0 Å². The van der Waals surface area contributed by atoms with E-state index in [-0.39, 0.29) is 11.7 Å². The first-order chi connectivity index (χ1) is 7.36. The van der Waals surface area contributed by atoms with Crippen LogP contribution in [0.5, 0.6) is 0 Å². The molecule has 0 aliphatic heterocycles. The number of hydrogen-bond donors (Lipinski definition) is 3. The molecule has 1 aromatic heterocycles. The minimum absolute atomic E-state index is 0.0881. The number of aromatic nitrogens is 4. The lowest BCUT2D eigenvalue weighted by molar-refractivity contribution is 0.0943. The Kier molecular flexibility index (Phi) is 3.23. The Balaban J connectivity index is 1.55. The van der Waals surface area contributed by atoms with E-state index in [9.17, 15) is 4.79 Å². The van der Waals surface area contributed by atoms with Gasteiger partial charge in [0.15, 0.2) is 0 Å². The van der Waals surface area contributed by atoms with E-state index >= 15 is 0 Å². The van der Waals surface area contributed by atoms with E-state index in [1.165, 1.54) is 12.8 Å². The standard InChI is InChI=1S/C8H14N6O/c15-8(7-11-13-14-12-7)10-5-1-4-9-6-2-3-6/h6,9H,1-5H2,(H,10,15)(H,11,12,13,14). The second-order valence-electron chi connectivity index (χ2n) is 3.57. The fraction of sp³-hybridized carbons (Fsp3) is 0.750. The van der Waals surface area contributed by atoms with Gasteiger partial charge in [-0.1, -0.05) is 0 Å². The fourth-order valence-corrected chi connectivity index (χ4v) is 1.22. The van der Waals surface area contributed by atoms with Crippen LogP contribution in [0.4, 0.5) is 0 Å². The monoisotopic (exact) mass is 210 g/mol.